The summed E-state index contributed by atoms with van der Waals surface area (Å²) in [5.41, 5.74) is 0. The Balaban J connectivity index is 2.57. The highest BCUT2D eigenvalue weighted by Gasteiger charge is 2.41. The lowest BCUT2D eigenvalue weighted by Crippen LogP contribution is -2.41. The first-order chi connectivity index (χ1) is 9.78. The highest BCUT2D eigenvalue weighted by molar-refractivity contribution is 9.10. The lowest BCUT2D eigenvalue weighted by molar-refractivity contribution is -0.140. The van der Waals surface area contributed by atoms with Crippen molar-refractivity contribution in [2.75, 3.05) is 18.7 Å². The number of sulfonamides is 1. The Labute approximate surface area is 139 Å². The Hall–Kier alpha value is -0.480. The van der Waals surface area contributed by atoms with Gasteiger partial charge in [0.05, 0.1) is 17.5 Å². The number of carbonyl (C=O) groups is 1. The van der Waals surface area contributed by atoms with Crippen LogP contribution in [0.5, 0.6) is 5.75 Å². The topological polar surface area (TPSA) is 83.9 Å². The molecule has 2 rings (SSSR count). The van der Waals surface area contributed by atoms with Crippen LogP contribution in [0, 0.1) is 0 Å². The molecule has 1 heterocycles. The van der Waals surface area contributed by atoms with E-state index in [9.17, 15) is 13.2 Å². The zero-order chi connectivity index (χ0) is 15.8. The van der Waals surface area contributed by atoms with Gasteiger partial charge >= 0.3 is 5.97 Å². The lowest BCUT2D eigenvalue weighted by atomic mass is 10.3. The van der Waals surface area contributed by atoms with Crippen LogP contribution in [0.25, 0.3) is 0 Å². The fraction of sp³-hybridized carbons (Fsp3) is 0.364. The van der Waals surface area contributed by atoms with Crippen molar-refractivity contribution in [3.8, 4) is 5.75 Å². The molecule has 1 saturated heterocycles. The van der Waals surface area contributed by atoms with Crippen LogP contribution in [-0.2, 0) is 14.8 Å². The molecule has 116 valence electrons. The SMILES string of the molecule is COc1c(Br)cc(Cl)cc1S(=O)(=O)N1CSC[C@H]1C(=O)O. The molecule has 0 amide bonds. The van der Waals surface area contributed by atoms with E-state index in [1.165, 1.54) is 31.0 Å². The lowest BCUT2D eigenvalue weighted by Gasteiger charge is -2.21. The maximum Gasteiger partial charge on any atom is 0.322 e. The monoisotopic (exact) mass is 415 g/mol. The molecule has 0 saturated carbocycles. The standard InChI is InChI=1S/C11H11BrClNO5S2/c1-19-10-7(12)2-6(13)3-9(10)21(17,18)14-5-20-4-8(14)11(15)16/h2-3,8H,4-5H2,1H3,(H,15,16)/t8-/m0/s1. The van der Waals surface area contributed by atoms with Gasteiger partial charge in [0.2, 0.25) is 10.0 Å². The predicted molar refractivity (Wildman–Crippen MR) is 83.5 cm³/mol. The molecule has 1 fully saturated rings. The minimum atomic E-state index is -4.03. The second kappa shape index (κ2) is 6.33. The quantitative estimate of drug-likeness (QED) is 0.810. The molecule has 1 aromatic carbocycles. The largest absolute Gasteiger partial charge is 0.494 e. The summed E-state index contributed by atoms with van der Waals surface area (Å²) in [5.74, 6) is -0.797. The molecule has 0 radical (unpaired) electrons. The number of carboxylic acids is 1. The van der Waals surface area contributed by atoms with Gasteiger partial charge in [0, 0.05) is 10.8 Å². The van der Waals surface area contributed by atoms with Crippen molar-refractivity contribution in [3.05, 3.63) is 21.6 Å². The number of benzene rings is 1. The Kier molecular flexibility index (Phi) is 5.09. The normalized spacial score (nSPS) is 19.7. The summed E-state index contributed by atoms with van der Waals surface area (Å²) in [6.45, 7) is 0. The number of thioether (sulfide) groups is 1. The number of nitrogens with zero attached hydrogens (tertiary/aromatic N) is 1. The zero-order valence-electron chi connectivity index (χ0n) is 10.7. The first-order valence-corrected chi connectivity index (χ1v) is 9.41. The minimum absolute atomic E-state index is 0.0760. The summed E-state index contributed by atoms with van der Waals surface area (Å²) >= 11 is 10.3. The molecule has 0 unspecified atom stereocenters. The third kappa shape index (κ3) is 3.16. The van der Waals surface area contributed by atoms with Gasteiger partial charge in [-0.1, -0.05) is 11.6 Å². The highest BCUT2D eigenvalue weighted by atomic mass is 79.9. The van der Waals surface area contributed by atoms with Crippen molar-refractivity contribution in [3.63, 3.8) is 0 Å². The second-order valence-corrected chi connectivity index (χ2v) is 8.31. The van der Waals surface area contributed by atoms with Gasteiger partial charge in [-0.2, -0.15) is 4.31 Å². The van der Waals surface area contributed by atoms with Gasteiger partial charge < -0.3 is 9.84 Å². The van der Waals surface area contributed by atoms with Gasteiger partial charge in [-0.25, -0.2) is 8.42 Å². The van der Waals surface area contributed by atoms with E-state index >= 15 is 0 Å². The molecule has 6 nitrogen and oxygen atoms in total. The van der Waals surface area contributed by atoms with Crippen molar-refractivity contribution in [2.45, 2.75) is 10.9 Å². The first-order valence-electron chi connectivity index (χ1n) is 5.64. The average molecular weight is 417 g/mol. The third-order valence-corrected chi connectivity index (χ3v) is 6.73. The number of hydrogen-bond acceptors (Lipinski definition) is 5. The van der Waals surface area contributed by atoms with Gasteiger partial charge in [0.25, 0.3) is 0 Å². The van der Waals surface area contributed by atoms with Gasteiger partial charge in [0.1, 0.15) is 10.9 Å². The molecule has 0 aromatic heterocycles. The molecular weight excluding hydrogens is 406 g/mol. The molecule has 10 heteroatoms. The Morgan fingerprint density at radius 1 is 1.57 bits per heavy atom. The molecule has 0 spiro atoms. The maximum absolute atomic E-state index is 12.7. The van der Waals surface area contributed by atoms with E-state index in [0.29, 0.717) is 4.47 Å². The number of methoxy groups -OCH3 is 1. The van der Waals surface area contributed by atoms with E-state index in [0.717, 1.165) is 4.31 Å². The number of carboxylic acid groups (broad SMARTS) is 1. The molecule has 1 N–H and O–H groups in total. The number of halogens is 2. The Bertz CT molecular complexity index is 681. The minimum Gasteiger partial charge on any atom is -0.494 e. The molecule has 1 aliphatic heterocycles. The first kappa shape index (κ1) is 16.9. The maximum atomic E-state index is 12.7. The van der Waals surface area contributed by atoms with Crippen molar-refractivity contribution in [1.82, 2.24) is 4.31 Å². The van der Waals surface area contributed by atoms with Crippen molar-refractivity contribution in [2.24, 2.45) is 0 Å². The van der Waals surface area contributed by atoms with E-state index < -0.39 is 22.0 Å². The fourth-order valence-electron chi connectivity index (χ4n) is 1.91. The summed E-state index contributed by atoms with van der Waals surface area (Å²) in [5, 5.41) is 9.35. The number of aliphatic carboxylic acids is 1. The predicted octanol–water partition coefficient (Wildman–Crippen LogP) is 2.26. The van der Waals surface area contributed by atoms with Crippen LogP contribution in [-0.4, -0.2) is 48.6 Å². The molecule has 0 aliphatic carbocycles. The molecule has 21 heavy (non-hydrogen) atoms. The summed E-state index contributed by atoms with van der Waals surface area (Å²) < 4.78 is 31.9. The van der Waals surface area contributed by atoms with Crippen molar-refractivity contribution in [1.29, 1.82) is 0 Å². The Morgan fingerprint density at radius 2 is 2.24 bits per heavy atom. The van der Waals surface area contributed by atoms with Gasteiger partial charge in [0.15, 0.2) is 5.75 Å². The summed E-state index contributed by atoms with van der Waals surface area (Å²) in [6.07, 6.45) is 0. The molecule has 1 aliphatic rings. The molecule has 0 bridgehead atoms. The summed E-state index contributed by atoms with van der Waals surface area (Å²) in [7, 11) is -2.69. The van der Waals surface area contributed by atoms with E-state index in [4.69, 9.17) is 21.4 Å². The van der Waals surface area contributed by atoms with Crippen molar-refractivity contribution < 1.29 is 23.1 Å². The molecule has 1 atom stereocenters. The fourth-order valence-corrected chi connectivity index (χ4v) is 6.42. The van der Waals surface area contributed by atoms with Crippen LogP contribution in [0.3, 0.4) is 0 Å². The van der Waals surface area contributed by atoms with Gasteiger partial charge in [-0.15, -0.1) is 11.8 Å². The average Bonchev–Trinajstić information content (AvgIpc) is 2.87. The van der Waals surface area contributed by atoms with E-state index in [2.05, 4.69) is 15.9 Å². The zero-order valence-corrected chi connectivity index (χ0v) is 14.7. The molecular formula is C11H11BrClNO5S2. The van der Waals surface area contributed by atoms with Crippen LogP contribution < -0.4 is 4.74 Å². The highest BCUT2D eigenvalue weighted by Crippen LogP contribution is 2.39. The van der Waals surface area contributed by atoms with Gasteiger partial charge in [-0.05, 0) is 28.1 Å². The molecule has 1 aromatic rings. The number of ether oxygens (including phenoxy) is 1. The van der Waals surface area contributed by atoms with Crippen LogP contribution in [0.2, 0.25) is 5.02 Å². The van der Waals surface area contributed by atoms with Crippen molar-refractivity contribution >= 4 is 55.3 Å². The second-order valence-electron chi connectivity index (χ2n) is 4.17. The number of hydrogen-bond donors (Lipinski definition) is 1. The van der Waals surface area contributed by atoms with Crippen LogP contribution in [0.4, 0.5) is 0 Å². The van der Waals surface area contributed by atoms with E-state index in [1.807, 2.05) is 0 Å². The van der Waals surface area contributed by atoms with E-state index in [1.54, 1.807) is 0 Å². The summed E-state index contributed by atoms with van der Waals surface area (Å²) in [4.78, 5) is 11.0. The summed E-state index contributed by atoms with van der Waals surface area (Å²) in [6, 6.07) is 1.66. The Morgan fingerprint density at radius 3 is 2.81 bits per heavy atom. The smallest absolute Gasteiger partial charge is 0.322 e. The van der Waals surface area contributed by atoms with Crippen LogP contribution in [0.15, 0.2) is 21.5 Å². The van der Waals surface area contributed by atoms with E-state index in [-0.39, 0.29) is 27.3 Å². The number of rotatable bonds is 4. The van der Waals surface area contributed by atoms with Gasteiger partial charge in [-0.3, -0.25) is 4.79 Å². The third-order valence-electron chi connectivity index (χ3n) is 2.89. The van der Waals surface area contributed by atoms with Crippen LogP contribution in [0.1, 0.15) is 0 Å². The van der Waals surface area contributed by atoms with Crippen LogP contribution >= 0.6 is 39.3 Å².